The maximum Gasteiger partial charge on any atom is 0.411 e. The molecule has 35 heavy (non-hydrogen) atoms. The molecule has 2 aromatic rings. The summed E-state index contributed by atoms with van der Waals surface area (Å²) >= 11 is 0. The zero-order valence-corrected chi connectivity index (χ0v) is 20.1. The number of nitrogens with zero attached hydrogens (tertiary/aromatic N) is 1. The first kappa shape index (κ1) is 24.5. The normalized spacial score (nSPS) is 27.7. The minimum absolute atomic E-state index is 0.538. The maximum absolute atomic E-state index is 13.6. The fourth-order valence-corrected chi connectivity index (χ4v) is 5.15. The molecule has 8 nitrogen and oxygen atoms in total. The van der Waals surface area contributed by atoms with Crippen molar-refractivity contribution in [2.45, 2.75) is 30.7 Å². The highest BCUT2D eigenvalue weighted by molar-refractivity contribution is 5.95. The van der Waals surface area contributed by atoms with Crippen LogP contribution in [0.4, 0.5) is 4.79 Å². The van der Waals surface area contributed by atoms with E-state index in [2.05, 4.69) is 0 Å². The third-order valence-corrected chi connectivity index (χ3v) is 6.93. The summed E-state index contributed by atoms with van der Waals surface area (Å²) in [6.07, 6.45) is 2.32. The Balaban J connectivity index is 1.86. The molecule has 1 saturated heterocycles. The molecule has 2 aliphatic rings. The number of esters is 2. The second kappa shape index (κ2) is 9.92. The Morgan fingerprint density at radius 3 is 1.97 bits per heavy atom. The van der Waals surface area contributed by atoms with Gasteiger partial charge in [-0.3, -0.25) is 14.5 Å². The number of carbonyl (C=O) groups excluding carboxylic acids is 3. The minimum Gasteiger partial charge on any atom is -0.468 e. The van der Waals surface area contributed by atoms with Crippen LogP contribution in [0.25, 0.3) is 0 Å². The Kier molecular flexibility index (Phi) is 6.93. The Morgan fingerprint density at radius 1 is 0.914 bits per heavy atom. The van der Waals surface area contributed by atoms with Crippen molar-refractivity contribution in [2.24, 2.45) is 11.8 Å². The molecule has 0 radical (unpaired) electrons. The van der Waals surface area contributed by atoms with Gasteiger partial charge in [0.15, 0.2) is 12.0 Å². The van der Waals surface area contributed by atoms with Crippen LogP contribution < -0.4 is 0 Å². The van der Waals surface area contributed by atoms with Crippen molar-refractivity contribution in [2.75, 3.05) is 21.3 Å². The standard InChI is InChI=1S/C27H29NO7/c1-27(34-4)16-15-19(20(24(29)32-2)25(30)33-3)23(27)28-21(17-11-7-5-8-12-17)22(35-26(28)31)18-13-9-6-10-14-18/h5-16,19-23H,1-4H3/t19-,21+,22-,23+,27+/m0/s1. The first-order chi connectivity index (χ1) is 16.9. The Morgan fingerprint density at radius 2 is 1.46 bits per heavy atom. The molecule has 1 fully saturated rings. The number of ether oxygens (including phenoxy) is 4. The van der Waals surface area contributed by atoms with Gasteiger partial charge in [-0.25, -0.2) is 4.79 Å². The number of hydrogen-bond donors (Lipinski definition) is 0. The SMILES string of the molecule is COC(=O)C(C(=O)OC)[C@@H]1C=C[C@@](C)(OC)[C@@H]1N1C(=O)O[C@@H](c2ccccc2)[C@H]1c1ccccc1. The lowest BCUT2D eigenvalue weighted by molar-refractivity contribution is -0.163. The number of benzene rings is 2. The molecule has 0 spiro atoms. The van der Waals surface area contributed by atoms with Crippen molar-refractivity contribution in [3.05, 3.63) is 83.9 Å². The quantitative estimate of drug-likeness (QED) is 0.258. The van der Waals surface area contributed by atoms with Crippen LogP contribution in [0.3, 0.4) is 0 Å². The first-order valence-corrected chi connectivity index (χ1v) is 11.3. The predicted molar refractivity (Wildman–Crippen MR) is 126 cm³/mol. The molecule has 8 heteroatoms. The van der Waals surface area contributed by atoms with Crippen LogP contribution in [0.2, 0.25) is 0 Å². The van der Waals surface area contributed by atoms with E-state index >= 15 is 0 Å². The molecule has 1 heterocycles. The third-order valence-electron chi connectivity index (χ3n) is 6.93. The van der Waals surface area contributed by atoms with Crippen LogP contribution >= 0.6 is 0 Å². The number of hydrogen-bond acceptors (Lipinski definition) is 7. The lowest BCUT2D eigenvalue weighted by Gasteiger charge is -2.42. The fourth-order valence-electron chi connectivity index (χ4n) is 5.15. The van der Waals surface area contributed by atoms with Crippen molar-refractivity contribution in [3.63, 3.8) is 0 Å². The van der Waals surface area contributed by atoms with E-state index in [4.69, 9.17) is 18.9 Å². The van der Waals surface area contributed by atoms with Crippen LogP contribution in [-0.4, -0.2) is 55.9 Å². The molecule has 0 unspecified atom stereocenters. The minimum atomic E-state index is -1.29. The summed E-state index contributed by atoms with van der Waals surface area (Å²) in [7, 11) is 3.95. The number of carbonyl (C=O) groups is 3. The largest absolute Gasteiger partial charge is 0.468 e. The van der Waals surface area contributed by atoms with Crippen molar-refractivity contribution in [1.29, 1.82) is 0 Å². The highest BCUT2D eigenvalue weighted by atomic mass is 16.6. The van der Waals surface area contributed by atoms with Gasteiger partial charge in [0, 0.05) is 13.0 Å². The summed E-state index contributed by atoms with van der Waals surface area (Å²) in [6.45, 7) is 1.81. The molecular weight excluding hydrogens is 450 g/mol. The fraction of sp³-hybridized carbons (Fsp3) is 0.370. The monoisotopic (exact) mass is 479 g/mol. The molecule has 0 saturated carbocycles. The Hall–Kier alpha value is -3.65. The second-order valence-electron chi connectivity index (χ2n) is 8.77. The van der Waals surface area contributed by atoms with Crippen molar-refractivity contribution < 1.29 is 33.3 Å². The summed E-state index contributed by atoms with van der Waals surface area (Å²) < 4.78 is 21.7. The van der Waals surface area contributed by atoms with E-state index in [1.165, 1.54) is 21.3 Å². The molecule has 0 bridgehead atoms. The van der Waals surface area contributed by atoms with Crippen LogP contribution in [0.1, 0.15) is 30.2 Å². The van der Waals surface area contributed by atoms with Crippen molar-refractivity contribution >= 4 is 18.0 Å². The summed E-state index contributed by atoms with van der Waals surface area (Å²) in [4.78, 5) is 40.7. The van der Waals surface area contributed by atoms with Crippen LogP contribution in [0.15, 0.2) is 72.8 Å². The summed E-state index contributed by atoms with van der Waals surface area (Å²) in [5, 5.41) is 0. The van der Waals surface area contributed by atoms with Gasteiger partial charge in [-0.2, -0.15) is 0 Å². The van der Waals surface area contributed by atoms with Crippen molar-refractivity contribution in [1.82, 2.24) is 4.90 Å². The molecule has 4 rings (SSSR count). The predicted octanol–water partition coefficient (Wildman–Crippen LogP) is 3.84. The lowest BCUT2D eigenvalue weighted by Crippen LogP contribution is -2.56. The molecule has 5 atom stereocenters. The summed E-state index contributed by atoms with van der Waals surface area (Å²) in [5.74, 6) is -3.56. The number of cyclic esters (lactones) is 1. The zero-order valence-electron chi connectivity index (χ0n) is 20.1. The van der Waals surface area contributed by atoms with Crippen LogP contribution in [0, 0.1) is 11.8 Å². The van der Waals surface area contributed by atoms with Gasteiger partial charge >= 0.3 is 18.0 Å². The molecular formula is C27H29NO7. The zero-order chi connectivity index (χ0) is 25.2. The van der Waals surface area contributed by atoms with E-state index in [1.54, 1.807) is 17.1 Å². The van der Waals surface area contributed by atoms with Gasteiger partial charge in [-0.15, -0.1) is 0 Å². The third kappa shape index (κ3) is 4.30. The summed E-state index contributed by atoms with van der Waals surface area (Å²) in [5.41, 5.74) is 0.670. The molecule has 184 valence electrons. The second-order valence-corrected chi connectivity index (χ2v) is 8.77. The van der Waals surface area contributed by atoms with Gasteiger partial charge in [-0.05, 0) is 18.1 Å². The number of amides is 1. The number of methoxy groups -OCH3 is 3. The molecule has 2 aromatic carbocycles. The molecule has 0 aromatic heterocycles. The van der Waals surface area contributed by atoms with E-state index < -0.39 is 53.7 Å². The van der Waals surface area contributed by atoms with Crippen LogP contribution in [-0.2, 0) is 28.5 Å². The van der Waals surface area contributed by atoms with Gasteiger partial charge in [-0.1, -0.05) is 72.8 Å². The summed E-state index contributed by atoms with van der Waals surface area (Å²) in [6, 6.07) is 17.7. The average molecular weight is 480 g/mol. The van der Waals surface area contributed by atoms with Gasteiger partial charge in [0.25, 0.3) is 0 Å². The molecule has 1 aliphatic carbocycles. The number of rotatable bonds is 7. The van der Waals surface area contributed by atoms with Gasteiger partial charge in [0.05, 0.1) is 20.3 Å². The smallest absolute Gasteiger partial charge is 0.411 e. The highest BCUT2D eigenvalue weighted by Crippen LogP contribution is 2.50. The van der Waals surface area contributed by atoms with E-state index in [-0.39, 0.29) is 0 Å². The van der Waals surface area contributed by atoms with Crippen molar-refractivity contribution in [3.8, 4) is 0 Å². The lowest BCUT2D eigenvalue weighted by atomic mass is 9.81. The first-order valence-electron chi connectivity index (χ1n) is 11.3. The van der Waals surface area contributed by atoms with E-state index in [1.807, 2.05) is 67.6 Å². The Labute approximate surface area is 204 Å². The van der Waals surface area contributed by atoms with Gasteiger partial charge in [0.2, 0.25) is 0 Å². The topological polar surface area (TPSA) is 91.4 Å². The van der Waals surface area contributed by atoms with E-state index in [0.717, 1.165) is 11.1 Å². The van der Waals surface area contributed by atoms with Gasteiger partial charge < -0.3 is 18.9 Å². The average Bonchev–Trinajstić information content (AvgIpc) is 3.41. The van der Waals surface area contributed by atoms with Crippen LogP contribution in [0.5, 0.6) is 0 Å². The molecule has 1 amide bonds. The Bertz CT molecular complexity index is 1090. The molecule has 0 N–H and O–H groups in total. The van der Waals surface area contributed by atoms with E-state index in [9.17, 15) is 14.4 Å². The highest BCUT2D eigenvalue weighted by Gasteiger charge is 2.58. The maximum atomic E-state index is 13.6. The van der Waals surface area contributed by atoms with Gasteiger partial charge in [0.1, 0.15) is 11.6 Å². The van der Waals surface area contributed by atoms with E-state index in [0.29, 0.717) is 0 Å². The molecule has 1 aliphatic heterocycles.